The Balaban J connectivity index is 2.35. The Morgan fingerprint density at radius 1 is 1.33 bits per heavy atom. The highest BCUT2D eigenvalue weighted by atomic mass is 32.2. The van der Waals surface area contributed by atoms with Gasteiger partial charge in [0.1, 0.15) is 0 Å². The standard InChI is InChI=1S/C16H22N4O3S/c1-11-6-14(7-15(12(11)2)24(22,23)17-3)16(21)19(4)9-13-8-18-20(5)10-13/h6-8,10,17H,9H2,1-5H3. The Hall–Kier alpha value is -2.19. The summed E-state index contributed by atoms with van der Waals surface area (Å²) in [6.07, 6.45) is 3.53. The predicted molar refractivity (Wildman–Crippen MR) is 91.2 cm³/mol. The molecule has 0 aliphatic heterocycles. The molecule has 24 heavy (non-hydrogen) atoms. The van der Waals surface area contributed by atoms with E-state index in [9.17, 15) is 13.2 Å². The molecule has 1 amide bonds. The molecule has 0 aliphatic carbocycles. The topological polar surface area (TPSA) is 84.3 Å². The molecule has 0 saturated carbocycles. The normalized spacial score (nSPS) is 11.5. The van der Waals surface area contributed by atoms with E-state index in [1.54, 1.807) is 37.8 Å². The van der Waals surface area contributed by atoms with Crippen molar-refractivity contribution in [1.82, 2.24) is 19.4 Å². The number of amides is 1. The first-order valence-electron chi connectivity index (χ1n) is 7.43. The Kier molecular flexibility index (Phi) is 5.10. The zero-order chi connectivity index (χ0) is 18.1. The molecule has 0 unspecified atom stereocenters. The molecule has 0 radical (unpaired) electrons. The van der Waals surface area contributed by atoms with E-state index < -0.39 is 10.0 Å². The third-order valence-corrected chi connectivity index (χ3v) is 5.49. The molecule has 0 aliphatic rings. The van der Waals surface area contributed by atoms with Gasteiger partial charge in [-0.15, -0.1) is 0 Å². The highest BCUT2D eigenvalue weighted by Gasteiger charge is 2.21. The largest absolute Gasteiger partial charge is 0.337 e. The van der Waals surface area contributed by atoms with Gasteiger partial charge in [0.2, 0.25) is 10.0 Å². The summed E-state index contributed by atoms with van der Waals surface area (Å²) in [5.74, 6) is -0.241. The van der Waals surface area contributed by atoms with Gasteiger partial charge < -0.3 is 4.90 Å². The van der Waals surface area contributed by atoms with Crippen molar-refractivity contribution in [2.45, 2.75) is 25.3 Å². The number of hydrogen-bond donors (Lipinski definition) is 1. The van der Waals surface area contributed by atoms with Crippen LogP contribution in [0.2, 0.25) is 0 Å². The van der Waals surface area contributed by atoms with E-state index in [2.05, 4.69) is 9.82 Å². The number of sulfonamides is 1. The molecule has 0 spiro atoms. The molecule has 7 nitrogen and oxygen atoms in total. The van der Waals surface area contributed by atoms with E-state index in [1.165, 1.54) is 18.0 Å². The van der Waals surface area contributed by atoms with Crippen LogP contribution < -0.4 is 4.72 Å². The SMILES string of the molecule is CNS(=O)(=O)c1cc(C(=O)N(C)Cc2cnn(C)c2)cc(C)c1C. The molecule has 1 heterocycles. The van der Waals surface area contributed by atoms with Crippen LogP contribution in [0.25, 0.3) is 0 Å². The third-order valence-electron chi connectivity index (χ3n) is 3.95. The van der Waals surface area contributed by atoms with Crippen molar-refractivity contribution in [3.8, 4) is 0 Å². The van der Waals surface area contributed by atoms with Crippen molar-refractivity contribution < 1.29 is 13.2 Å². The number of benzene rings is 1. The number of aromatic nitrogens is 2. The maximum atomic E-state index is 12.7. The average Bonchev–Trinajstić information content (AvgIpc) is 2.93. The molecule has 0 saturated heterocycles. The van der Waals surface area contributed by atoms with Crippen LogP contribution in [-0.2, 0) is 23.6 Å². The minimum absolute atomic E-state index is 0.128. The van der Waals surface area contributed by atoms with Gasteiger partial charge in [0, 0.05) is 38.0 Å². The van der Waals surface area contributed by atoms with Gasteiger partial charge in [-0.05, 0) is 44.2 Å². The van der Waals surface area contributed by atoms with Crippen LogP contribution in [0.1, 0.15) is 27.0 Å². The smallest absolute Gasteiger partial charge is 0.253 e. The molecule has 0 atom stereocenters. The van der Waals surface area contributed by atoms with Crippen molar-refractivity contribution in [2.24, 2.45) is 7.05 Å². The van der Waals surface area contributed by atoms with Crippen LogP contribution in [0.3, 0.4) is 0 Å². The molecule has 1 N–H and O–H groups in total. The minimum Gasteiger partial charge on any atom is -0.337 e. The predicted octanol–water partition coefficient (Wildman–Crippen LogP) is 1.22. The van der Waals surface area contributed by atoms with Crippen molar-refractivity contribution in [3.63, 3.8) is 0 Å². The number of nitrogens with one attached hydrogen (secondary N) is 1. The Bertz CT molecular complexity index is 871. The summed E-state index contributed by atoms with van der Waals surface area (Å²) in [6, 6.07) is 3.14. The summed E-state index contributed by atoms with van der Waals surface area (Å²) in [4.78, 5) is 14.3. The van der Waals surface area contributed by atoms with Gasteiger partial charge in [-0.3, -0.25) is 9.48 Å². The van der Waals surface area contributed by atoms with Crippen molar-refractivity contribution in [1.29, 1.82) is 0 Å². The number of carbonyl (C=O) groups is 1. The molecule has 2 aromatic rings. The van der Waals surface area contributed by atoms with Crippen molar-refractivity contribution in [3.05, 3.63) is 46.8 Å². The Labute approximate surface area is 142 Å². The summed E-state index contributed by atoms with van der Waals surface area (Å²) in [5, 5.41) is 4.08. The second-order valence-corrected chi connectivity index (χ2v) is 7.66. The lowest BCUT2D eigenvalue weighted by atomic mass is 10.1. The van der Waals surface area contributed by atoms with E-state index >= 15 is 0 Å². The molecule has 0 fully saturated rings. The van der Waals surface area contributed by atoms with Crippen LogP contribution >= 0.6 is 0 Å². The second kappa shape index (κ2) is 6.74. The van der Waals surface area contributed by atoms with Crippen LogP contribution in [0.5, 0.6) is 0 Å². The molecular formula is C16H22N4O3S. The molecule has 8 heteroatoms. The first kappa shape index (κ1) is 18.2. The quantitative estimate of drug-likeness (QED) is 0.879. The number of rotatable bonds is 5. The minimum atomic E-state index is -3.62. The molecule has 1 aromatic carbocycles. The van der Waals surface area contributed by atoms with Gasteiger partial charge in [0.25, 0.3) is 5.91 Å². The van der Waals surface area contributed by atoms with Crippen LogP contribution in [0.4, 0.5) is 0 Å². The zero-order valence-corrected chi connectivity index (χ0v) is 15.3. The van der Waals surface area contributed by atoms with Crippen molar-refractivity contribution in [2.75, 3.05) is 14.1 Å². The lowest BCUT2D eigenvalue weighted by molar-refractivity contribution is 0.0784. The maximum Gasteiger partial charge on any atom is 0.253 e. The summed E-state index contributed by atoms with van der Waals surface area (Å²) in [6.45, 7) is 3.92. The fourth-order valence-corrected chi connectivity index (χ4v) is 3.53. The van der Waals surface area contributed by atoms with E-state index in [0.717, 1.165) is 11.1 Å². The highest BCUT2D eigenvalue weighted by molar-refractivity contribution is 7.89. The summed E-state index contributed by atoms with van der Waals surface area (Å²) in [5.41, 5.74) is 2.64. The maximum absolute atomic E-state index is 12.7. The molecular weight excluding hydrogens is 328 g/mol. The Morgan fingerprint density at radius 3 is 2.54 bits per heavy atom. The zero-order valence-electron chi connectivity index (χ0n) is 14.5. The Morgan fingerprint density at radius 2 is 2.00 bits per heavy atom. The van der Waals surface area contributed by atoms with E-state index in [-0.39, 0.29) is 10.8 Å². The lowest BCUT2D eigenvalue weighted by Crippen LogP contribution is -2.27. The second-order valence-electron chi connectivity index (χ2n) is 5.81. The monoisotopic (exact) mass is 350 g/mol. The van der Waals surface area contributed by atoms with Crippen LogP contribution in [0, 0.1) is 13.8 Å². The molecule has 1 aromatic heterocycles. The van der Waals surface area contributed by atoms with E-state index in [0.29, 0.717) is 17.7 Å². The van der Waals surface area contributed by atoms with Crippen LogP contribution in [0.15, 0.2) is 29.4 Å². The van der Waals surface area contributed by atoms with Gasteiger partial charge >= 0.3 is 0 Å². The summed E-state index contributed by atoms with van der Waals surface area (Å²) < 4.78 is 28.3. The molecule has 130 valence electrons. The summed E-state index contributed by atoms with van der Waals surface area (Å²) >= 11 is 0. The first-order chi connectivity index (χ1) is 11.2. The fourth-order valence-electron chi connectivity index (χ4n) is 2.46. The van der Waals surface area contributed by atoms with Gasteiger partial charge in [0.15, 0.2) is 0 Å². The summed E-state index contributed by atoms with van der Waals surface area (Å²) in [7, 11) is 1.22. The number of hydrogen-bond acceptors (Lipinski definition) is 4. The van der Waals surface area contributed by atoms with Gasteiger partial charge in [0.05, 0.1) is 11.1 Å². The fraction of sp³-hybridized carbons (Fsp3) is 0.375. The van der Waals surface area contributed by atoms with Gasteiger partial charge in [-0.1, -0.05) is 0 Å². The third kappa shape index (κ3) is 3.65. The molecule has 2 rings (SSSR count). The van der Waals surface area contributed by atoms with E-state index in [4.69, 9.17) is 0 Å². The van der Waals surface area contributed by atoms with Crippen LogP contribution in [-0.4, -0.2) is 43.1 Å². The van der Waals surface area contributed by atoms with Gasteiger partial charge in [-0.2, -0.15) is 5.10 Å². The number of nitrogens with zero attached hydrogens (tertiary/aromatic N) is 3. The van der Waals surface area contributed by atoms with Crippen molar-refractivity contribution >= 4 is 15.9 Å². The number of aryl methyl sites for hydroxylation is 2. The average molecular weight is 350 g/mol. The first-order valence-corrected chi connectivity index (χ1v) is 8.92. The lowest BCUT2D eigenvalue weighted by Gasteiger charge is -2.18. The number of carbonyl (C=O) groups excluding carboxylic acids is 1. The van der Waals surface area contributed by atoms with E-state index in [1.807, 2.05) is 13.2 Å². The molecule has 0 bridgehead atoms. The highest BCUT2D eigenvalue weighted by Crippen LogP contribution is 2.22. The van der Waals surface area contributed by atoms with Gasteiger partial charge in [-0.25, -0.2) is 13.1 Å².